The van der Waals surface area contributed by atoms with Crippen molar-refractivity contribution in [2.75, 3.05) is 0 Å². The maximum absolute atomic E-state index is 10.1. The lowest BCUT2D eigenvalue weighted by Crippen LogP contribution is -1.72. The molecule has 1 N–H and O–H groups in total. The van der Waals surface area contributed by atoms with Gasteiger partial charge in [0.05, 0.1) is 11.7 Å². The van der Waals surface area contributed by atoms with Gasteiger partial charge in [-0.05, 0) is 12.1 Å². The summed E-state index contributed by atoms with van der Waals surface area (Å²) in [4.78, 5) is 13.6. The van der Waals surface area contributed by atoms with Crippen molar-refractivity contribution in [3.8, 4) is 0 Å². The molecule has 1 aromatic heterocycles. The third-order valence-corrected chi connectivity index (χ3v) is 2.40. The molecule has 2 aromatic rings. The Balaban J connectivity index is 2.85. The van der Waals surface area contributed by atoms with Gasteiger partial charge < -0.3 is 0 Å². The summed E-state index contributed by atoms with van der Waals surface area (Å²) >= 11 is 3.36. The van der Waals surface area contributed by atoms with Crippen LogP contribution < -0.4 is 0 Å². The van der Waals surface area contributed by atoms with Crippen LogP contribution in [0.5, 0.6) is 0 Å². The van der Waals surface area contributed by atoms with E-state index in [9.17, 15) is 4.79 Å². The molecule has 5 heteroatoms. The highest BCUT2D eigenvalue weighted by molar-refractivity contribution is 9.10. The molecule has 0 aliphatic heterocycles. The number of nitrogens with zero attached hydrogens (tertiary/aromatic N) is 2. The summed E-state index contributed by atoms with van der Waals surface area (Å²) in [6.45, 7) is 0. The number of carbonyl (C=O) groups excluding carboxylic acids is 1. The molecule has 0 fully saturated rings. The lowest BCUT2D eigenvalue weighted by Gasteiger charge is -1.95. The Labute approximate surface area is 81.8 Å². The Kier molecular flexibility index (Phi) is 1.96. The minimum Gasteiger partial charge on any atom is -0.276 e. The van der Waals surface area contributed by atoms with E-state index in [4.69, 9.17) is 0 Å². The molecule has 0 aliphatic carbocycles. The zero-order valence-electron chi connectivity index (χ0n) is 6.41. The third kappa shape index (κ3) is 1.28. The van der Waals surface area contributed by atoms with Gasteiger partial charge in [0.25, 0.3) is 0 Å². The summed E-state index contributed by atoms with van der Waals surface area (Å²) < 4.78 is 0.918. The molecule has 0 radical (unpaired) electrons. The number of halogens is 1. The molecule has 0 spiro atoms. The second-order valence-electron chi connectivity index (χ2n) is 2.43. The monoisotopic (exact) mass is 237 g/mol. The predicted octanol–water partition coefficient (Wildman–Crippen LogP) is 2.29. The first-order valence-corrected chi connectivity index (χ1v) is 4.31. The topological polar surface area (TPSA) is 58.1 Å². The highest BCUT2D eigenvalue weighted by atomic mass is 79.9. The SMILES string of the molecule is O=C=Nc1ccc(Br)c2cn[nH]c12. The number of nitrogens with one attached hydrogen (secondary N) is 1. The number of rotatable bonds is 1. The van der Waals surface area contributed by atoms with Crippen LogP contribution in [0.25, 0.3) is 10.9 Å². The van der Waals surface area contributed by atoms with Gasteiger partial charge >= 0.3 is 0 Å². The van der Waals surface area contributed by atoms with Crippen molar-refractivity contribution in [3.05, 3.63) is 22.8 Å². The average Bonchev–Trinajstić information content (AvgIpc) is 2.59. The molecule has 13 heavy (non-hydrogen) atoms. The van der Waals surface area contributed by atoms with Crippen LogP contribution in [0.4, 0.5) is 5.69 Å². The van der Waals surface area contributed by atoms with Crippen LogP contribution in [-0.4, -0.2) is 16.3 Å². The van der Waals surface area contributed by atoms with E-state index >= 15 is 0 Å². The van der Waals surface area contributed by atoms with Crippen LogP contribution in [0.15, 0.2) is 27.8 Å². The number of aromatic nitrogens is 2. The lowest BCUT2D eigenvalue weighted by molar-refractivity contribution is 0.565. The van der Waals surface area contributed by atoms with Gasteiger partial charge in [-0.1, -0.05) is 15.9 Å². The molecular formula is C8H4BrN3O. The molecule has 0 saturated carbocycles. The zero-order valence-corrected chi connectivity index (χ0v) is 8.00. The van der Waals surface area contributed by atoms with E-state index in [-0.39, 0.29) is 0 Å². The van der Waals surface area contributed by atoms with E-state index in [1.807, 2.05) is 6.07 Å². The zero-order chi connectivity index (χ0) is 9.26. The summed E-state index contributed by atoms with van der Waals surface area (Å²) in [5.41, 5.74) is 1.28. The number of aromatic amines is 1. The molecule has 1 aromatic carbocycles. The number of hydrogen-bond donors (Lipinski definition) is 1. The van der Waals surface area contributed by atoms with Crippen molar-refractivity contribution in [2.24, 2.45) is 4.99 Å². The molecule has 0 atom stereocenters. The van der Waals surface area contributed by atoms with Crippen LogP contribution >= 0.6 is 15.9 Å². The van der Waals surface area contributed by atoms with Crippen molar-refractivity contribution in [1.82, 2.24) is 10.2 Å². The van der Waals surface area contributed by atoms with Crippen LogP contribution in [0.2, 0.25) is 0 Å². The molecule has 64 valence electrons. The fourth-order valence-corrected chi connectivity index (χ4v) is 1.56. The quantitative estimate of drug-likeness (QED) is 0.612. The number of isocyanates is 1. The first-order chi connectivity index (χ1) is 6.33. The predicted molar refractivity (Wildman–Crippen MR) is 51.6 cm³/mol. The van der Waals surface area contributed by atoms with Crippen molar-refractivity contribution in [3.63, 3.8) is 0 Å². The Bertz CT molecular complexity index is 499. The van der Waals surface area contributed by atoms with Crippen LogP contribution in [0.1, 0.15) is 0 Å². The second kappa shape index (κ2) is 3.12. The molecule has 2 rings (SSSR count). The maximum Gasteiger partial charge on any atom is 0.240 e. The molecular weight excluding hydrogens is 234 g/mol. The first-order valence-electron chi connectivity index (χ1n) is 3.52. The highest BCUT2D eigenvalue weighted by Gasteiger charge is 2.04. The van der Waals surface area contributed by atoms with Crippen molar-refractivity contribution < 1.29 is 4.79 Å². The number of fused-ring (bicyclic) bond motifs is 1. The van der Waals surface area contributed by atoms with E-state index in [1.165, 1.54) is 6.08 Å². The van der Waals surface area contributed by atoms with Gasteiger partial charge in [-0.25, -0.2) is 4.79 Å². The van der Waals surface area contributed by atoms with Crippen LogP contribution in [0.3, 0.4) is 0 Å². The van der Waals surface area contributed by atoms with E-state index < -0.39 is 0 Å². The summed E-state index contributed by atoms with van der Waals surface area (Å²) in [5, 5.41) is 7.52. The van der Waals surface area contributed by atoms with Gasteiger partial charge in [0.15, 0.2) is 0 Å². The molecule has 0 aliphatic rings. The Morgan fingerprint density at radius 2 is 2.38 bits per heavy atom. The molecule has 0 unspecified atom stereocenters. The van der Waals surface area contributed by atoms with Crippen molar-refractivity contribution >= 4 is 38.6 Å². The van der Waals surface area contributed by atoms with Gasteiger partial charge in [0, 0.05) is 9.86 Å². The number of hydrogen-bond acceptors (Lipinski definition) is 3. The standard InChI is InChI=1S/C8H4BrN3O/c9-6-1-2-7(10-4-13)8-5(6)3-11-12-8/h1-3H,(H,11,12). The fourth-order valence-electron chi connectivity index (χ4n) is 1.13. The fraction of sp³-hybridized carbons (Fsp3) is 0. The molecule has 0 bridgehead atoms. The molecule has 0 saturated heterocycles. The van der Waals surface area contributed by atoms with Crippen LogP contribution in [-0.2, 0) is 4.79 Å². The Hall–Kier alpha value is -1.45. The van der Waals surface area contributed by atoms with Crippen molar-refractivity contribution in [1.29, 1.82) is 0 Å². The highest BCUT2D eigenvalue weighted by Crippen LogP contribution is 2.29. The maximum atomic E-state index is 10.1. The van der Waals surface area contributed by atoms with Gasteiger partial charge in [-0.3, -0.25) is 5.10 Å². The smallest absolute Gasteiger partial charge is 0.240 e. The summed E-state index contributed by atoms with van der Waals surface area (Å²) in [6, 6.07) is 3.53. The minimum atomic E-state index is 0.547. The number of aliphatic imine (C=N–C) groups is 1. The molecule has 1 heterocycles. The molecule has 0 amide bonds. The van der Waals surface area contributed by atoms with Gasteiger partial charge in [0.1, 0.15) is 5.69 Å². The summed E-state index contributed by atoms with van der Waals surface area (Å²) in [5.74, 6) is 0. The average molecular weight is 238 g/mol. The largest absolute Gasteiger partial charge is 0.276 e. The Morgan fingerprint density at radius 1 is 1.54 bits per heavy atom. The van der Waals surface area contributed by atoms with Crippen LogP contribution in [0, 0.1) is 0 Å². The second-order valence-corrected chi connectivity index (χ2v) is 3.28. The minimum absolute atomic E-state index is 0.547. The molecule has 4 nitrogen and oxygen atoms in total. The van der Waals surface area contributed by atoms with E-state index in [0.717, 1.165) is 15.4 Å². The van der Waals surface area contributed by atoms with Crippen molar-refractivity contribution in [2.45, 2.75) is 0 Å². The van der Waals surface area contributed by atoms with E-state index in [2.05, 4.69) is 31.1 Å². The van der Waals surface area contributed by atoms with E-state index in [0.29, 0.717) is 5.69 Å². The third-order valence-electron chi connectivity index (χ3n) is 1.71. The van der Waals surface area contributed by atoms with Gasteiger partial charge in [-0.15, -0.1) is 0 Å². The van der Waals surface area contributed by atoms with E-state index in [1.54, 1.807) is 12.3 Å². The summed E-state index contributed by atoms with van der Waals surface area (Å²) in [7, 11) is 0. The Morgan fingerprint density at radius 3 is 3.15 bits per heavy atom. The number of benzene rings is 1. The van der Waals surface area contributed by atoms with Gasteiger partial charge in [-0.2, -0.15) is 10.1 Å². The lowest BCUT2D eigenvalue weighted by atomic mass is 10.2. The first kappa shape index (κ1) is 8.16. The van der Waals surface area contributed by atoms with Gasteiger partial charge in [0.2, 0.25) is 6.08 Å². The normalized spacial score (nSPS) is 9.92. The summed E-state index contributed by atoms with van der Waals surface area (Å²) in [6.07, 6.45) is 3.17. The number of H-pyrrole nitrogens is 1.